The molecule has 2 N–H and O–H groups in total. The highest BCUT2D eigenvalue weighted by atomic mass is 16.2. The molecule has 2 atom stereocenters. The second-order valence-corrected chi connectivity index (χ2v) is 9.49. The van der Waals surface area contributed by atoms with Gasteiger partial charge in [0.2, 0.25) is 11.8 Å². The van der Waals surface area contributed by atoms with Crippen molar-refractivity contribution in [2.45, 2.75) is 57.3 Å². The smallest absolute Gasteiger partial charge is 0.242 e. The Morgan fingerprint density at radius 2 is 1.50 bits per heavy atom. The molecule has 138 valence electrons. The lowest BCUT2D eigenvalue weighted by Crippen LogP contribution is -2.50. The summed E-state index contributed by atoms with van der Waals surface area (Å²) >= 11 is 0. The van der Waals surface area contributed by atoms with E-state index in [1.807, 2.05) is 18.2 Å². The molecule has 0 aliphatic heterocycles. The fourth-order valence-corrected chi connectivity index (χ4v) is 6.67. The van der Waals surface area contributed by atoms with Gasteiger partial charge in [-0.15, -0.1) is 0 Å². The summed E-state index contributed by atoms with van der Waals surface area (Å²) in [5.74, 6) is 2.80. The van der Waals surface area contributed by atoms with Gasteiger partial charge < -0.3 is 0 Å². The molecule has 5 aliphatic rings. The average Bonchev–Trinajstić information content (AvgIpc) is 3.40. The minimum atomic E-state index is -0.0438. The van der Waals surface area contributed by atoms with E-state index in [2.05, 4.69) is 23.0 Å². The fraction of sp³-hybridized carbons (Fsp3) is 0.636. The van der Waals surface area contributed by atoms with Crippen LogP contribution in [0.2, 0.25) is 0 Å². The SMILES string of the molecule is O=C(CC12CC3CC(CC(C3)C1)C2)NNC(=O)[C@H]1C[C@H]1c1ccccc1. The molecule has 5 aliphatic carbocycles. The van der Waals surface area contributed by atoms with Crippen LogP contribution in [0.25, 0.3) is 0 Å². The Hall–Kier alpha value is -1.84. The van der Waals surface area contributed by atoms with E-state index in [4.69, 9.17) is 0 Å². The van der Waals surface area contributed by atoms with Crippen LogP contribution in [0.5, 0.6) is 0 Å². The van der Waals surface area contributed by atoms with Gasteiger partial charge in [0.15, 0.2) is 0 Å². The molecule has 5 fully saturated rings. The summed E-state index contributed by atoms with van der Waals surface area (Å²) in [5, 5.41) is 0. The number of carbonyl (C=O) groups is 2. The first kappa shape index (κ1) is 16.3. The summed E-state index contributed by atoms with van der Waals surface area (Å²) in [5.41, 5.74) is 6.83. The molecular weight excluding hydrogens is 324 g/mol. The van der Waals surface area contributed by atoms with E-state index in [9.17, 15) is 9.59 Å². The Morgan fingerprint density at radius 3 is 2.12 bits per heavy atom. The summed E-state index contributed by atoms with van der Waals surface area (Å²) < 4.78 is 0. The first-order valence-electron chi connectivity index (χ1n) is 10.2. The number of amides is 2. The first-order chi connectivity index (χ1) is 12.6. The van der Waals surface area contributed by atoms with E-state index in [1.165, 1.54) is 44.1 Å². The molecule has 4 heteroatoms. The molecule has 6 rings (SSSR count). The lowest BCUT2D eigenvalue weighted by atomic mass is 9.49. The van der Waals surface area contributed by atoms with E-state index in [0.29, 0.717) is 12.3 Å². The minimum absolute atomic E-state index is 0.00255. The third kappa shape index (κ3) is 3.04. The van der Waals surface area contributed by atoms with Gasteiger partial charge in [0.05, 0.1) is 0 Å². The molecule has 0 spiro atoms. The van der Waals surface area contributed by atoms with Crippen molar-refractivity contribution >= 4 is 11.8 Å². The maximum Gasteiger partial charge on any atom is 0.242 e. The van der Waals surface area contributed by atoms with Crippen LogP contribution in [0.1, 0.15) is 62.8 Å². The number of hydrazine groups is 1. The number of hydrogen-bond acceptors (Lipinski definition) is 2. The van der Waals surface area contributed by atoms with Gasteiger partial charge in [-0.25, -0.2) is 0 Å². The van der Waals surface area contributed by atoms with Crippen molar-refractivity contribution in [2.24, 2.45) is 29.1 Å². The standard InChI is InChI=1S/C22H28N2O2/c25-20(13-22-10-14-6-15(11-22)8-16(7-14)12-22)23-24-21(26)19-9-18(19)17-4-2-1-3-5-17/h1-5,14-16,18-19H,6-13H2,(H,23,25)(H,24,26)/t14?,15?,16?,18-,19-,22?/m0/s1. The van der Waals surface area contributed by atoms with Gasteiger partial charge in [-0.3, -0.25) is 20.4 Å². The number of carbonyl (C=O) groups excluding carboxylic acids is 2. The highest BCUT2D eigenvalue weighted by Crippen LogP contribution is 2.61. The van der Waals surface area contributed by atoms with E-state index < -0.39 is 0 Å². The molecule has 5 saturated carbocycles. The lowest BCUT2D eigenvalue weighted by molar-refractivity contribution is -0.134. The van der Waals surface area contributed by atoms with E-state index >= 15 is 0 Å². The topological polar surface area (TPSA) is 58.2 Å². The molecule has 4 nitrogen and oxygen atoms in total. The van der Waals surface area contributed by atoms with Crippen LogP contribution in [0.3, 0.4) is 0 Å². The summed E-state index contributed by atoms with van der Waals surface area (Å²) in [6, 6.07) is 10.2. The van der Waals surface area contributed by atoms with Gasteiger partial charge in [-0.2, -0.15) is 0 Å². The Bertz CT molecular complexity index is 679. The maximum absolute atomic E-state index is 12.5. The Labute approximate surface area is 155 Å². The van der Waals surface area contributed by atoms with Crippen molar-refractivity contribution in [1.82, 2.24) is 10.9 Å². The van der Waals surface area contributed by atoms with Gasteiger partial charge in [0.25, 0.3) is 0 Å². The van der Waals surface area contributed by atoms with Gasteiger partial charge in [-0.1, -0.05) is 30.3 Å². The zero-order valence-electron chi connectivity index (χ0n) is 15.2. The third-order valence-corrected chi connectivity index (χ3v) is 7.38. The van der Waals surface area contributed by atoms with E-state index in [1.54, 1.807) is 0 Å². The molecule has 26 heavy (non-hydrogen) atoms. The van der Waals surface area contributed by atoms with Crippen molar-refractivity contribution in [1.29, 1.82) is 0 Å². The Morgan fingerprint density at radius 1 is 0.885 bits per heavy atom. The predicted molar refractivity (Wildman–Crippen MR) is 98.8 cm³/mol. The van der Waals surface area contributed by atoms with Gasteiger partial charge in [-0.05, 0) is 79.6 Å². The van der Waals surface area contributed by atoms with Crippen LogP contribution in [-0.2, 0) is 9.59 Å². The molecular formula is C22H28N2O2. The Balaban J connectivity index is 1.12. The summed E-state index contributed by atoms with van der Waals surface area (Å²) in [7, 11) is 0. The number of benzene rings is 1. The molecule has 1 aromatic rings. The minimum Gasteiger partial charge on any atom is -0.273 e. The number of hydrogen-bond donors (Lipinski definition) is 2. The third-order valence-electron chi connectivity index (χ3n) is 7.38. The van der Waals surface area contributed by atoms with E-state index in [0.717, 1.165) is 24.2 Å². The van der Waals surface area contributed by atoms with Crippen molar-refractivity contribution in [3.8, 4) is 0 Å². The summed E-state index contributed by atoms with van der Waals surface area (Å²) in [6.45, 7) is 0. The van der Waals surface area contributed by atoms with Crippen LogP contribution in [-0.4, -0.2) is 11.8 Å². The molecule has 0 heterocycles. The van der Waals surface area contributed by atoms with Gasteiger partial charge in [0, 0.05) is 12.3 Å². The number of rotatable bonds is 4. The molecule has 2 amide bonds. The molecule has 0 saturated heterocycles. The molecule has 0 radical (unpaired) electrons. The first-order valence-corrected chi connectivity index (χ1v) is 10.2. The highest BCUT2D eigenvalue weighted by molar-refractivity contribution is 5.86. The van der Waals surface area contributed by atoms with Crippen molar-refractivity contribution in [3.05, 3.63) is 35.9 Å². The zero-order chi connectivity index (χ0) is 17.7. The molecule has 0 aromatic heterocycles. The van der Waals surface area contributed by atoms with Crippen molar-refractivity contribution < 1.29 is 9.59 Å². The van der Waals surface area contributed by atoms with Crippen LogP contribution >= 0.6 is 0 Å². The van der Waals surface area contributed by atoms with Crippen molar-refractivity contribution in [2.75, 3.05) is 0 Å². The average molecular weight is 352 g/mol. The normalized spacial score (nSPS) is 39.5. The lowest BCUT2D eigenvalue weighted by Gasteiger charge is -2.56. The maximum atomic E-state index is 12.5. The fourth-order valence-electron chi connectivity index (χ4n) is 6.67. The Kier molecular flexibility index (Phi) is 3.84. The van der Waals surface area contributed by atoms with Gasteiger partial charge >= 0.3 is 0 Å². The summed E-state index contributed by atoms with van der Waals surface area (Å²) in [6.07, 6.45) is 9.29. The largest absolute Gasteiger partial charge is 0.273 e. The number of nitrogens with one attached hydrogen (secondary N) is 2. The highest BCUT2D eigenvalue weighted by Gasteiger charge is 2.51. The molecule has 1 aromatic carbocycles. The van der Waals surface area contributed by atoms with E-state index in [-0.39, 0.29) is 23.1 Å². The second-order valence-electron chi connectivity index (χ2n) is 9.49. The quantitative estimate of drug-likeness (QED) is 0.814. The van der Waals surface area contributed by atoms with Crippen LogP contribution in [0, 0.1) is 29.1 Å². The second kappa shape index (κ2) is 6.11. The molecule has 0 unspecified atom stereocenters. The molecule has 4 bridgehead atoms. The monoisotopic (exact) mass is 352 g/mol. The summed E-state index contributed by atoms with van der Waals surface area (Å²) in [4.78, 5) is 24.8. The van der Waals surface area contributed by atoms with Crippen LogP contribution < -0.4 is 10.9 Å². The van der Waals surface area contributed by atoms with Gasteiger partial charge in [0.1, 0.15) is 0 Å². The zero-order valence-corrected chi connectivity index (χ0v) is 15.2. The van der Waals surface area contributed by atoms with Crippen LogP contribution in [0.4, 0.5) is 0 Å². The predicted octanol–water partition coefficient (Wildman–Crippen LogP) is 3.54. The van der Waals surface area contributed by atoms with Crippen molar-refractivity contribution in [3.63, 3.8) is 0 Å². The van der Waals surface area contributed by atoms with Crippen LogP contribution in [0.15, 0.2) is 30.3 Å².